The summed E-state index contributed by atoms with van der Waals surface area (Å²) in [4.78, 5) is 13.5. The van der Waals surface area contributed by atoms with Crippen LogP contribution in [0.4, 0.5) is 0 Å². The fourth-order valence-corrected chi connectivity index (χ4v) is 1.90. The Morgan fingerprint density at radius 3 is 2.50 bits per heavy atom. The predicted molar refractivity (Wildman–Crippen MR) is 50.0 cm³/mol. The van der Waals surface area contributed by atoms with Crippen molar-refractivity contribution < 1.29 is 9.53 Å². The highest BCUT2D eigenvalue weighted by Crippen LogP contribution is 2.28. The standard InChI is InChI=1S/C10H14N2O2/c11-7-14-6-10-3-1-9(2-4-10)5-12-8-13/h9-10H,1-6H2. The third-order valence-corrected chi connectivity index (χ3v) is 2.76. The zero-order valence-corrected chi connectivity index (χ0v) is 8.11. The molecule has 1 saturated carbocycles. The van der Waals surface area contributed by atoms with E-state index in [9.17, 15) is 4.79 Å². The van der Waals surface area contributed by atoms with Crippen molar-refractivity contribution in [1.82, 2.24) is 0 Å². The van der Waals surface area contributed by atoms with Crippen LogP contribution in [-0.4, -0.2) is 19.2 Å². The molecule has 0 aromatic rings. The lowest BCUT2D eigenvalue weighted by Gasteiger charge is -2.25. The number of nitrogens with zero attached hydrogens (tertiary/aromatic N) is 2. The van der Waals surface area contributed by atoms with Gasteiger partial charge in [0.1, 0.15) is 6.61 Å². The highest BCUT2D eigenvalue weighted by atomic mass is 16.5. The van der Waals surface area contributed by atoms with E-state index in [4.69, 9.17) is 10.00 Å². The fourth-order valence-electron chi connectivity index (χ4n) is 1.90. The molecule has 0 unspecified atom stereocenters. The molecule has 0 N–H and O–H groups in total. The summed E-state index contributed by atoms with van der Waals surface area (Å²) < 4.78 is 4.71. The highest BCUT2D eigenvalue weighted by Gasteiger charge is 2.21. The second kappa shape index (κ2) is 6.17. The van der Waals surface area contributed by atoms with Crippen molar-refractivity contribution in [2.24, 2.45) is 16.8 Å². The van der Waals surface area contributed by atoms with Crippen molar-refractivity contribution in [2.75, 3.05) is 13.2 Å². The Balaban J connectivity index is 2.18. The van der Waals surface area contributed by atoms with Crippen molar-refractivity contribution in [3.63, 3.8) is 0 Å². The van der Waals surface area contributed by atoms with Gasteiger partial charge in [-0.2, -0.15) is 5.26 Å². The second-order valence-corrected chi connectivity index (χ2v) is 3.72. The van der Waals surface area contributed by atoms with Crippen molar-refractivity contribution >= 4 is 6.08 Å². The summed E-state index contributed by atoms with van der Waals surface area (Å²) in [5.74, 6) is 1.03. The van der Waals surface area contributed by atoms with E-state index < -0.39 is 0 Å². The van der Waals surface area contributed by atoms with Gasteiger partial charge in [-0.25, -0.2) is 9.79 Å². The van der Waals surface area contributed by atoms with E-state index in [1.54, 1.807) is 12.3 Å². The van der Waals surface area contributed by atoms with Crippen LogP contribution in [0.25, 0.3) is 0 Å². The van der Waals surface area contributed by atoms with Gasteiger partial charge >= 0.3 is 0 Å². The van der Waals surface area contributed by atoms with Gasteiger partial charge in [0.2, 0.25) is 6.08 Å². The van der Waals surface area contributed by atoms with Crippen LogP contribution in [0.2, 0.25) is 0 Å². The molecular weight excluding hydrogens is 180 g/mol. The van der Waals surface area contributed by atoms with Crippen molar-refractivity contribution in [3.05, 3.63) is 0 Å². The van der Waals surface area contributed by atoms with Crippen LogP contribution in [0.15, 0.2) is 4.99 Å². The van der Waals surface area contributed by atoms with Crippen LogP contribution in [0, 0.1) is 23.4 Å². The first-order chi connectivity index (χ1) is 6.86. The Kier molecular flexibility index (Phi) is 4.74. The first-order valence-electron chi connectivity index (χ1n) is 4.91. The van der Waals surface area contributed by atoms with Gasteiger partial charge in [-0.15, -0.1) is 0 Å². The van der Waals surface area contributed by atoms with Gasteiger partial charge in [0, 0.05) is 0 Å². The average molecular weight is 194 g/mol. The molecule has 0 aliphatic heterocycles. The van der Waals surface area contributed by atoms with Gasteiger partial charge in [-0.3, -0.25) is 0 Å². The van der Waals surface area contributed by atoms with E-state index >= 15 is 0 Å². The summed E-state index contributed by atoms with van der Waals surface area (Å²) in [6.45, 7) is 1.15. The second-order valence-electron chi connectivity index (χ2n) is 3.72. The van der Waals surface area contributed by atoms with Crippen molar-refractivity contribution in [3.8, 4) is 6.26 Å². The molecule has 14 heavy (non-hydrogen) atoms. The van der Waals surface area contributed by atoms with Crippen LogP contribution in [0.3, 0.4) is 0 Å². The summed E-state index contributed by atoms with van der Waals surface area (Å²) in [7, 11) is 0. The van der Waals surface area contributed by atoms with E-state index in [1.807, 2.05) is 0 Å². The van der Waals surface area contributed by atoms with Crippen LogP contribution < -0.4 is 0 Å². The first-order valence-corrected chi connectivity index (χ1v) is 4.91. The Hall–Kier alpha value is -1.33. The lowest BCUT2D eigenvalue weighted by molar-refractivity contribution is 0.161. The minimum atomic E-state index is 0.506. The van der Waals surface area contributed by atoms with Crippen LogP contribution in [-0.2, 0) is 9.53 Å². The van der Waals surface area contributed by atoms with E-state index in [0.717, 1.165) is 25.7 Å². The molecule has 0 atom stereocenters. The molecule has 1 rings (SSSR count). The molecule has 1 fully saturated rings. The molecule has 0 aromatic carbocycles. The molecule has 4 nitrogen and oxygen atoms in total. The Morgan fingerprint density at radius 1 is 1.29 bits per heavy atom. The van der Waals surface area contributed by atoms with Crippen LogP contribution in [0.5, 0.6) is 0 Å². The zero-order valence-electron chi connectivity index (χ0n) is 8.11. The van der Waals surface area contributed by atoms with Crippen molar-refractivity contribution in [1.29, 1.82) is 5.26 Å². The number of ether oxygens (including phenoxy) is 1. The van der Waals surface area contributed by atoms with Gasteiger partial charge in [0.25, 0.3) is 6.26 Å². The Labute approximate surface area is 83.6 Å². The molecule has 4 heteroatoms. The van der Waals surface area contributed by atoms with E-state index in [0.29, 0.717) is 25.0 Å². The summed E-state index contributed by atoms with van der Waals surface area (Å²) in [6, 6.07) is 0. The highest BCUT2D eigenvalue weighted by molar-refractivity contribution is 5.32. The Bertz CT molecular complexity index is 245. The molecule has 0 radical (unpaired) electrons. The molecule has 1 aliphatic carbocycles. The van der Waals surface area contributed by atoms with Crippen LogP contribution >= 0.6 is 0 Å². The average Bonchev–Trinajstić information content (AvgIpc) is 2.25. The lowest BCUT2D eigenvalue weighted by Crippen LogP contribution is -2.19. The minimum absolute atomic E-state index is 0.506. The quantitative estimate of drug-likeness (QED) is 0.388. The van der Waals surface area contributed by atoms with E-state index in [2.05, 4.69) is 4.99 Å². The zero-order chi connectivity index (χ0) is 10.2. The summed E-state index contributed by atoms with van der Waals surface area (Å²) >= 11 is 0. The third kappa shape index (κ3) is 3.59. The number of carbonyl (C=O) groups excluding carboxylic acids is 1. The molecule has 0 saturated heterocycles. The van der Waals surface area contributed by atoms with E-state index in [-0.39, 0.29) is 0 Å². The van der Waals surface area contributed by atoms with Gasteiger partial charge in [-0.1, -0.05) is 0 Å². The number of isocyanates is 1. The predicted octanol–water partition coefficient (Wildman–Crippen LogP) is 1.63. The molecular formula is C10H14N2O2. The molecule has 0 aromatic heterocycles. The lowest BCUT2D eigenvalue weighted by atomic mass is 9.82. The molecule has 1 aliphatic rings. The first kappa shape index (κ1) is 10.7. The Morgan fingerprint density at radius 2 is 1.93 bits per heavy atom. The maximum absolute atomic E-state index is 9.91. The summed E-state index contributed by atoms with van der Waals surface area (Å²) in [5, 5.41) is 8.23. The van der Waals surface area contributed by atoms with Gasteiger partial charge in [0.05, 0.1) is 6.54 Å². The van der Waals surface area contributed by atoms with Gasteiger partial charge in [0.15, 0.2) is 0 Å². The number of hydrogen-bond donors (Lipinski definition) is 0. The molecule has 0 heterocycles. The smallest absolute Gasteiger partial charge is 0.286 e. The maximum Gasteiger partial charge on any atom is 0.286 e. The SMILES string of the molecule is N#COCC1CCC(CN=C=O)CC1. The number of hydrogen-bond acceptors (Lipinski definition) is 4. The van der Waals surface area contributed by atoms with Crippen molar-refractivity contribution in [2.45, 2.75) is 25.7 Å². The fraction of sp³-hybridized carbons (Fsp3) is 0.800. The number of aliphatic imine (C=N–C) groups is 1. The van der Waals surface area contributed by atoms with Gasteiger partial charge in [-0.05, 0) is 37.5 Å². The number of nitriles is 1. The minimum Gasteiger partial charge on any atom is -0.427 e. The molecule has 0 bridgehead atoms. The normalized spacial score (nSPS) is 25.9. The summed E-state index contributed by atoms with van der Waals surface area (Å²) in [6.07, 6.45) is 7.55. The van der Waals surface area contributed by atoms with Crippen LogP contribution in [0.1, 0.15) is 25.7 Å². The molecule has 0 spiro atoms. The summed E-state index contributed by atoms with van der Waals surface area (Å²) in [5.41, 5.74) is 0. The molecule has 0 amide bonds. The van der Waals surface area contributed by atoms with Gasteiger partial charge < -0.3 is 4.74 Å². The van der Waals surface area contributed by atoms with E-state index in [1.165, 1.54) is 0 Å². The monoisotopic (exact) mass is 194 g/mol. The third-order valence-electron chi connectivity index (χ3n) is 2.76. The number of rotatable bonds is 4. The largest absolute Gasteiger partial charge is 0.427 e. The molecule has 76 valence electrons. The maximum atomic E-state index is 9.91. The topological polar surface area (TPSA) is 62.4 Å².